The van der Waals surface area contributed by atoms with Gasteiger partial charge in [-0.25, -0.2) is 14.4 Å². The number of pyridine rings is 3. The van der Waals surface area contributed by atoms with Crippen molar-refractivity contribution in [1.82, 2.24) is 15.0 Å². The van der Waals surface area contributed by atoms with E-state index in [1.54, 1.807) is 36.7 Å². The summed E-state index contributed by atoms with van der Waals surface area (Å²) in [5.74, 6) is -0.462. The molecule has 0 atom stereocenters. The zero-order valence-corrected chi connectivity index (χ0v) is 13.7. The molecule has 3 aromatic heterocycles. The van der Waals surface area contributed by atoms with E-state index >= 15 is 0 Å². The zero-order chi connectivity index (χ0) is 19.0. The fraction of sp³-hybridized carbons (Fsp3) is 0.0500. The molecule has 0 aliphatic rings. The summed E-state index contributed by atoms with van der Waals surface area (Å²) < 4.78 is 52.9. The lowest BCUT2D eigenvalue weighted by Gasteiger charge is -2.11. The van der Waals surface area contributed by atoms with Gasteiger partial charge in [-0.2, -0.15) is 13.2 Å². The molecule has 0 unspecified atom stereocenters. The second-order valence-electron chi connectivity index (χ2n) is 5.89. The summed E-state index contributed by atoms with van der Waals surface area (Å²) >= 11 is 0. The summed E-state index contributed by atoms with van der Waals surface area (Å²) in [5, 5.41) is 0.410. The lowest BCUT2D eigenvalue weighted by molar-refractivity contribution is -0.141. The zero-order valence-electron chi connectivity index (χ0n) is 13.7. The van der Waals surface area contributed by atoms with Crippen molar-refractivity contribution in [2.24, 2.45) is 0 Å². The van der Waals surface area contributed by atoms with Crippen LogP contribution in [0, 0.1) is 5.82 Å². The summed E-state index contributed by atoms with van der Waals surface area (Å²) in [4.78, 5) is 11.6. The summed E-state index contributed by atoms with van der Waals surface area (Å²) in [7, 11) is 0. The van der Waals surface area contributed by atoms with Crippen molar-refractivity contribution in [2.75, 3.05) is 0 Å². The maximum atomic E-state index is 14.2. The minimum Gasteiger partial charge on any atom is -0.264 e. The van der Waals surface area contributed by atoms with Gasteiger partial charge in [0.05, 0.1) is 0 Å². The molecule has 0 fully saturated rings. The molecule has 0 aliphatic heterocycles. The van der Waals surface area contributed by atoms with Crippen molar-refractivity contribution >= 4 is 11.0 Å². The van der Waals surface area contributed by atoms with E-state index in [2.05, 4.69) is 15.0 Å². The fourth-order valence-corrected chi connectivity index (χ4v) is 2.88. The first-order valence-corrected chi connectivity index (χ1v) is 7.96. The first kappa shape index (κ1) is 17.1. The van der Waals surface area contributed by atoms with E-state index in [4.69, 9.17) is 0 Å². The average molecular weight is 369 g/mol. The third-order valence-electron chi connectivity index (χ3n) is 4.10. The van der Waals surface area contributed by atoms with E-state index in [-0.39, 0.29) is 5.65 Å². The third kappa shape index (κ3) is 3.36. The van der Waals surface area contributed by atoms with E-state index in [0.717, 1.165) is 11.6 Å². The predicted octanol–water partition coefficient (Wildman–Crippen LogP) is 5.52. The molecule has 3 nitrogen and oxygen atoms in total. The molecular weight excluding hydrogens is 358 g/mol. The maximum absolute atomic E-state index is 14.2. The van der Waals surface area contributed by atoms with Crippen LogP contribution in [-0.4, -0.2) is 15.0 Å². The maximum Gasteiger partial charge on any atom is 0.433 e. The summed E-state index contributed by atoms with van der Waals surface area (Å²) in [6, 6.07) is 11.8. The van der Waals surface area contributed by atoms with Crippen LogP contribution in [0.3, 0.4) is 0 Å². The highest BCUT2D eigenvalue weighted by Crippen LogP contribution is 2.33. The largest absolute Gasteiger partial charge is 0.433 e. The van der Waals surface area contributed by atoms with Crippen LogP contribution in [0.5, 0.6) is 0 Å². The highest BCUT2D eigenvalue weighted by molar-refractivity contribution is 5.93. The molecule has 0 N–H and O–H groups in total. The molecule has 0 amide bonds. The Morgan fingerprint density at radius 3 is 2.37 bits per heavy atom. The van der Waals surface area contributed by atoms with Crippen LogP contribution >= 0.6 is 0 Å². The molecule has 0 bridgehead atoms. The van der Waals surface area contributed by atoms with Gasteiger partial charge in [-0.05, 0) is 59.2 Å². The van der Waals surface area contributed by atoms with E-state index in [1.807, 2.05) is 0 Å². The smallest absolute Gasteiger partial charge is 0.264 e. The molecule has 4 aromatic rings. The number of benzene rings is 1. The van der Waals surface area contributed by atoms with E-state index in [1.165, 1.54) is 24.4 Å². The van der Waals surface area contributed by atoms with Gasteiger partial charge >= 0.3 is 6.18 Å². The van der Waals surface area contributed by atoms with Gasteiger partial charge in [0.15, 0.2) is 5.65 Å². The van der Waals surface area contributed by atoms with E-state index < -0.39 is 17.7 Å². The SMILES string of the molecule is Fc1cc(-c2cccnc2)cc(-c2ccnc3nc(C(F)(F)F)ccc23)c1. The van der Waals surface area contributed by atoms with Gasteiger partial charge in [0.1, 0.15) is 11.5 Å². The van der Waals surface area contributed by atoms with Crippen molar-refractivity contribution < 1.29 is 17.6 Å². The average Bonchev–Trinajstić information content (AvgIpc) is 2.66. The predicted molar refractivity (Wildman–Crippen MR) is 93.2 cm³/mol. The highest BCUT2D eigenvalue weighted by Gasteiger charge is 2.32. The normalized spacial score (nSPS) is 11.7. The Bertz CT molecular complexity index is 1130. The van der Waals surface area contributed by atoms with Crippen molar-refractivity contribution in [1.29, 1.82) is 0 Å². The number of halogens is 4. The number of alkyl halides is 3. The quantitative estimate of drug-likeness (QED) is 0.437. The molecule has 4 rings (SSSR count). The van der Waals surface area contributed by atoms with E-state index in [0.29, 0.717) is 22.1 Å². The first-order valence-electron chi connectivity index (χ1n) is 7.96. The number of rotatable bonds is 2. The topological polar surface area (TPSA) is 38.7 Å². The molecule has 1 aromatic carbocycles. The number of aromatic nitrogens is 3. The second-order valence-corrected chi connectivity index (χ2v) is 5.89. The Morgan fingerprint density at radius 2 is 1.63 bits per heavy atom. The molecule has 27 heavy (non-hydrogen) atoms. The molecule has 134 valence electrons. The first-order chi connectivity index (χ1) is 12.9. The van der Waals surface area contributed by atoms with Gasteiger partial charge in [-0.3, -0.25) is 4.98 Å². The number of nitrogens with zero attached hydrogens (tertiary/aromatic N) is 3. The van der Waals surface area contributed by atoms with E-state index in [9.17, 15) is 17.6 Å². The van der Waals surface area contributed by atoms with Crippen LogP contribution in [0.25, 0.3) is 33.3 Å². The van der Waals surface area contributed by atoms with Crippen molar-refractivity contribution in [3.8, 4) is 22.3 Å². The lowest BCUT2D eigenvalue weighted by atomic mass is 9.98. The highest BCUT2D eigenvalue weighted by atomic mass is 19.4. The monoisotopic (exact) mass is 369 g/mol. The van der Waals surface area contributed by atoms with Crippen LogP contribution in [0.4, 0.5) is 17.6 Å². The minimum absolute atomic E-state index is 0.0467. The Labute approximate surface area is 151 Å². The molecule has 7 heteroatoms. The Kier molecular flexibility index (Phi) is 4.07. The van der Waals surface area contributed by atoms with Gasteiger partial charge in [0, 0.05) is 29.5 Å². The van der Waals surface area contributed by atoms with Crippen molar-refractivity contribution in [3.63, 3.8) is 0 Å². The van der Waals surface area contributed by atoms with Crippen LogP contribution in [-0.2, 0) is 6.18 Å². The van der Waals surface area contributed by atoms with Crippen LogP contribution in [0.2, 0.25) is 0 Å². The molecule has 0 aliphatic carbocycles. The summed E-state index contributed by atoms with van der Waals surface area (Å²) in [6.45, 7) is 0. The minimum atomic E-state index is -4.56. The lowest BCUT2D eigenvalue weighted by Crippen LogP contribution is -2.08. The van der Waals surface area contributed by atoms with Crippen molar-refractivity contribution in [3.05, 3.63) is 78.6 Å². The second kappa shape index (κ2) is 6.42. The molecule has 0 radical (unpaired) electrons. The molecule has 0 saturated heterocycles. The number of fused-ring (bicyclic) bond motifs is 1. The molecular formula is C20H11F4N3. The number of hydrogen-bond donors (Lipinski definition) is 0. The molecule has 3 heterocycles. The van der Waals surface area contributed by atoms with Gasteiger partial charge in [0.2, 0.25) is 0 Å². The fourth-order valence-electron chi connectivity index (χ4n) is 2.88. The Morgan fingerprint density at radius 1 is 0.815 bits per heavy atom. The number of hydrogen-bond acceptors (Lipinski definition) is 3. The van der Waals surface area contributed by atoms with Crippen LogP contribution < -0.4 is 0 Å². The van der Waals surface area contributed by atoms with Gasteiger partial charge in [-0.15, -0.1) is 0 Å². The van der Waals surface area contributed by atoms with Crippen LogP contribution in [0.1, 0.15) is 5.69 Å². The van der Waals surface area contributed by atoms with Crippen molar-refractivity contribution in [2.45, 2.75) is 6.18 Å². The van der Waals surface area contributed by atoms with Gasteiger partial charge in [-0.1, -0.05) is 6.07 Å². The third-order valence-corrected chi connectivity index (χ3v) is 4.10. The van der Waals surface area contributed by atoms with Crippen LogP contribution in [0.15, 0.2) is 67.1 Å². The molecule has 0 saturated carbocycles. The summed E-state index contributed by atoms with van der Waals surface area (Å²) in [6.07, 6.45) is 0.0298. The summed E-state index contributed by atoms with van der Waals surface area (Å²) in [5.41, 5.74) is 1.34. The molecule has 0 spiro atoms. The Balaban J connectivity index is 1.89. The van der Waals surface area contributed by atoms with Gasteiger partial charge in [0.25, 0.3) is 0 Å². The standard InChI is InChI=1S/C20H11F4N3/c21-15-9-13(12-2-1-6-25-11-12)8-14(10-15)16-5-7-26-19-17(16)3-4-18(27-19)20(22,23)24/h1-11H. The van der Waals surface area contributed by atoms with Gasteiger partial charge < -0.3 is 0 Å². The Hall–Kier alpha value is -3.35.